The van der Waals surface area contributed by atoms with Gasteiger partial charge in [-0.3, -0.25) is 14.5 Å². The molecule has 0 bridgehead atoms. The predicted octanol–water partition coefficient (Wildman–Crippen LogP) is 4.40. The van der Waals surface area contributed by atoms with Crippen LogP contribution in [-0.4, -0.2) is 49.6 Å². The van der Waals surface area contributed by atoms with Gasteiger partial charge in [0.25, 0.3) is 0 Å². The first-order chi connectivity index (χ1) is 13.9. The van der Waals surface area contributed by atoms with Crippen LogP contribution < -0.4 is 4.74 Å². The number of methoxy groups -OCH3 is 2. The molecule has 1 aromatic carbocycles. The fourth-order valence-electron chi connectivity index (χ4n) is 3.20. The molecule has 30 heavy (non-hydrogen) atoms. The van der Waals surface area contributed by atoms with Gasteiger partial charge in [-0.2, -0.15) is 0 Å². The van der Waals surface area contributed by atoms with Gasteiger partial charge in [0.1, 0.15) is 17.4 Å². The van der Waals surface area contributed by atoms with E-state index in [-0.39, 0.29) is 18.1 Å². The van der Waals surface area contributed by atoms with Crippen molar-refractivity contribution in [2.75, 3.05) is 21.3 Å². The maximum atomic E-state index is 13.3. The molecule has 1 rings (SSSR count). The Labute approximate surface area is 179 Å². The lowest BCUT2D eigenvalue weighted by molar-refractivity contribution is -0.148. The van der Waals surface area contributed by atoms with Gasteiger partial charge in [-0.15, -0.1) is 0 Å². The molecule has 7 heteroatoms. The van der Waals surface area contributed by atoms with E-state index < -0.39 is 29.6 Å². The zero-order valence-electron chi connectivity index (χ0n) is 19.4. The van der Waals surface area contributed by atoms with Crippen LogP contribution in [0.1, 0.15) is 59.1 Å². The van der Waals surface area contributed by atoms with Crippen LogP contribution in [0.4, 0.5) is 4.79 Å². The van der Waals surface area contributed by atoms with Gasteiger partial charge >= 0.3 is 12.1 Å². The number of likely N-dealkylation sites (N-methyl/N-ethyl adjacent to an activating group) is 1. The van der Waals surface area contributed by atoms with Gasteiger partial charge in [-0.1, -0.05) is 26.0 Å². The molecule has 2 atom stereocenters. The maximum Gasteiger partial charge on any atom is 0.410 e. The van der Waals surface area contributed by atoms with E-state index in [0.29, 0.717) is 17.7 Å². The van der Waals surface area contributed by atoms with Gasteiger partial charge in [0.05, 0.1) is 20.1 Å². The van der Waals surface area contributed by atoms with Gasteiger partial charge in [0, 0.05) is 13.5 Å². The Balaban J connectivity index is 3.24. The second-order valence-electron chi connectivity index (χ2n) is 8.79. The molecule has 0 aliphatic heterocycles. The third-order valence-corrected chi connectivity index (χ3v) is 4.54. The molecule has 0 unspecified atom stereocenters. The maximum absolute atomic E-state index is 13.3. The van der Waals surface area contributed by atoms with Crippen LogP contribution in [0.5, 0.6) is 5.75 Å². The molecule has 1 amide bonds. The van der Waals surface area contributed by atoms with E-state index in [2.05, 4.69) is 0 Å². The number of nitrogens with zero attached hydrogens (tertiary/aromatic N) is 1. The van der Waals surface area contributed by atoms with Crippen LogP contribution in [0.3, 0.4) is 0 Å². The van der Waals surface area contributed by atoms with Gasteiger partial charge in [0.2, 0.25) is 0 Å². The molecule has 0 aliphatic carbocycles. The van der Waals surface area contributed by atoms with Gasteiger partial charge in [0.15, 0.2) is 5.78 Å². The van der Waals surface area contributed by atoms with Crippen molar-refractivity contribution in [1.29, 1.82) is 0 Å². The molecule has 168 valence electrons. The second kappa shape index (κ2) is 11.0. The van der Waals surface area contributed by atoms with Gasteiger partial charge in [-0.25, -0.2) is 4.79 Å². The van der Waals surface area contributed by atoms with Crippen molar-refractivity contribution in [1.82, 2.24) is 4.90 Å². The summed E-state index contributed by atoms with van der Waals surface area (Å²) in [6, 6.07) is 6.02. The average Bonchev–Trinajstić information content (AvgIpc) is 2.65. The van der Waals surface area contributed by atoms with E-state index in [9.17, 15) is 14.4 Å². The number of rotatable bonds is 9. The molecule has 0 aromatic heterocycles. The molecule has 0 N–H and O–H groups in total. The highest BCUT2D eigenvalue weighted by Crippen LogP contribution is 2.29. The summed E-state index contributed by atoms with van der Waals surface area (Å²) in [6.07, 6.45) is -0.131. The lowest BCUT2D eigenvalue weighted by Crippen LogP contribution is -2.40. The van der Waals surface area contributed by atoms with Crippen LogP contribution in [-0.2, 0) is 19.1 Å². The number of ketones is 1. The standard InChI is InChI=1S/C23H35NO6/c1-15(2)13-17(21(26)29-8)14-19(25)20(16-9-11-18(28-7)12-10-16)24(6)22(27)30-23(3,4)5/h9-12,15,17,20H,13-14H2,1-8H3/t17-,20+/m1/s1. The second-order valence-corrected chi connectivity index (χ2v) is 8.79. The molecule has 0 radical (unpaired) electrons. The fourth-order valence-corrected chi connectivity index (χ4v) is 3.20. The van der Waals surface area contributed by atoms with E-state index in [0.717, 1.165) is 0 Å². The number of hydrogen-bond acceptors (Lipinski definition) is 6. The van der Waals surface area contributed by atoms with Crippen molar-refractivity contribution in [3.63, 3.8) is 0 Å². The van der Waals surface area contributed by atoms with Crippen molar-refractivity contribution in [3.05, 3.63) is 29.8 Å². The van der Waals surface area contributed by atoms with Gasteiger partial charge < -0.3 is 14.2 Å². The third-order valence-electron chi connectivity index (χ3n) is 4.54. The summed E-state index contributed by atoms with van der Waals surface area (Å²) in [5, 5.41) is 0. The van der Waals surface area contributed by atoms with Crippen LogP contribution in [0.2, 0.25) is 0 Å². The van der Waals surface area contributed by atoms with E-state index in [1.165, 1.54) is 19.1 Å². The van der Waals surface area contributed by atoms with Crippen molar-refractivity contribution in [2.24, 2.45) is 11.8 Å². The Hall–Kier alpha value is -2.57. The normalized spacial score (nSPS) is 13.4. The van der Waals surface area contributed by atoms with Crippen molar-refractivity contribution < 1.29 is 28.6 Å². The van der Waals surface area contributed by atoms with Crippen molar-refractivity contribution in [3.8, 4) is 5.75 Å². The van der Waals surface area contributed by atoms with E-state index in [4.69, 9.17) is 14.2 Å². The van der Waals surface area contributed by atoms with E-state index >= 15 is 0 Å². The lowest BCUT2D eigenvalue weighted by atomic mass is 9.88. The SMILES string of the molecule is COC(=O)[C@@H](CC(=O)[C@H](c1ccc(OC)cc1)N(C)C(=O)OC(C)(C)C)CC(C)C. The predicted molar refractivity (Wildman–Crippen MR) is 114 cm³/mol. The number of ether oxygens (including phenoxy) is 3. The highest BCUT2D eigenvalue weighted by atomic mass is 16.6. The number of hydrogen-bond donors (Lipinski definition) is 0. The molecular formula is C23H35NO6. The summed E-state index contributed by atoms with van der Waals surface area (Å²) >= 11 is 0. The molecule has 0 saturated carbocycles. The summed E-state index contributed by atoms with van der Waals surface area (Å²) in [4.78, 5) is 39.5. The molecule has 0 spiro atoms. The largest absolute Gasteiger partial charge is 0.497 e. The Bertz CT molecular complexity index is 720. The lowest BCUT2D eigenvalue weighted by Gasteiger charge is -2.31. The minimum Gasteiger partial charge on any atom is -0.497 e. The number of esters is 1. The quantitative estimate of drug-likeness (QED) is 0.550. The van der Waals surface area contributed by atoms with Crippen molar-refractivity contribution >= 4 is 17.8 Å². The highest BCUT2D eigenvalue weighted by molar-refractivity contribution is 5.91. The highest BCUT2D eigenvalue weighted by Gasteiger charge is 2.34. The molecule has 0 aliphatic rings. The number of carbonyl (C=O) groups is 3. The number of carbonyl (C=O) groups excluding carboxylic acids is 3. The Kier molecular flexibility index (Phi) is 9.33. The van der Waals surface area contributed by atoms with E-state index in [1.807, 2.05) is 13.8 Å². The summed E-state index contributed by atoms with van der Waals surface area (Å²) in [6.45, 7) is 9.25. The summed E-state index contributed by atoms with van der Waals surface area (Å²) in [5.74, 6) is -0.410. The molecular weight excluding hydrogens is 386 g/mol. The Morgan fingerprint density at radius 2 is 1.60 bits per heavy atom. The fraction of sp³-hybridized carbons (Fsp3) is 0.609. The summed E-state index contributed by atoms with van der Waals surface area (Å²) < 4.78 is 15.5. The zero-order valence-corrected chi connectivity index (χ0v) is 19.4. The van der Waals surface area contributed by atoms with Crippen LogP contribution in [0.25, 0.3) is 0 Å². The van der Waals surface area contributed by atoms with Crippen LogP contribution in [0, 0.1) is 11.8 Å². The van der Waals surface area contributed by atoms with Gasteiger partial charge in [-0.05, 0) is 50.8 Å². The molecule has 0 heterocycles. The van der Waals surface area contributed by atoms with Crippen molar-refractivity contribution in [2.45, 2.75) is 59.1 Å². The monoisotopic (exact) mass is 421 g/mol. The van der Waals surface area contributed by atoms with Crippen LogP contribution in [0.15, 0.2) is 24.3 Å². The average molecular weight is 422 g/mol. The Morgan fingerprint density at radius 1 is 1.03 bits per heavy atom. The number of benzene rings is 1. The first-order valence-electron chi connectivity index (χ1n) is 10.1. The third kappa shape index (κ3) is 7.69. The minimum absolute atomic E-state index is 0.0330. The first kappa shape index (κ1) is 25.5. The van der Waals surface area contributed by atoms with Crippen LogP contribution >= 0.6 is 0 Å². The topological polar surface area (TPSA) is 82.1 Å². The smallest absolute Gasteiger partial charge is 0.410 e. The molecule has 0 fully saturated rings. The number of Topliss-reactive ketones (excluding diaryl/α,β-unsaturated/α-hetero) is 1. The summed E-state index contributed by atoms with van der Waals surface area (Å²) in [5.41, 5.74) is -0.0901. The summed E-state index contributed by atoms with van der Waals surface area (Å²) in [7, 11) is 4.39. The number of amides is 1. The molecule has 7 nitrogen and oxygen atoms in total. The zero-order chi connectivity index (χ0) is 23.1. The minimum atomic E-state index is -0.898. The first-order valence-corrected chi connectivity index (χ1v) is 10.1. The van der Waals surface area contributed by atoms with E-state index in [1.54, 1.807) is 52.1 Å². The Morgan fingerprint density at radius 3 is 2.03 bits per heavy atom. The molecule has 0 saturated heterocycles. The molecule has 1 aromatic rings.